The SMILES string of the molecule is O=C(COC(=O)C(=Cc1ccc(F)cc1)c1cccs1)Nc1cc(Cl)ccc1Cl. The molecule has 0 aliphatic rings. The molecule has 148 valence electrons. The summed E-state index contributed by atoms with van der Waals surface area (Å²) in [4.78, 5) is 25.4. The van der Waals surface area contributed by atoms with Crippen molar-refractivity contribution in [1.29, 1.82) is 0 Å². The third-order valence-corrected chi connectivity index (χ3v) is 5.19. The molecule has 0 atom stereocenters. The summed E-state index contributed by atoms with van der Waals surface area (Å²) in [6, 6.07) is 13.9. The molecule has 0 radical (unpaired) electrons. The molecule has 0 unspecified atom stereocenters. The van der Waals surface area contributed by atoms with Crippen molar-refractivity contribution >= 4 is 63.8 Å². The Morgan fingerprint density at radius 1 is 1.10 bits per heavy atom. The molecule has 8 heteroatoms. The smallest absolute Gasteiger partial charge is 0.340 e. The second-order valence-electron chi connectivity index (χ2n) is 5.84. The Labute approximate surface area is 180 Å². The highest BCUT2D eigenvalue weighted by molar-refractivity contribution is 7.11. The fourth-order valence-electron chi connectivity index (χ4n) is 2.38. The van der Waals surface area contributed by atoms with Crippen LogP contribution in [0.25, 0.3) is 11.6 Å². The molecule has 0 saturated carbocycles. The first-order valence-corrected chi connectivity index (χ1v) is 9.99. The predicted octanol–water partition coefficient (Wildman–Crippen LogP) is 5.92. The van der Waals surface area contributed by atoms with Crippen molar-refractivity contribution < 1.29 is 18.7 Å². The number of carbonyl (C=O) groups excluding carboxylic acids is 2. The minimum Gasteiger partial charge on any atom is -0.452 e. The van der Waals surface area contributed by atoms with Crippen molar-refractivity contribution in [3.05, 3.63) is 86.3 Å². The van der Waals surface area contributed by atoms with Gasteiger partial charge in [0.2, 0.25) is 0 Å². The molecule has 1 aromatic heterocycles. The number of amides is 1. The van der Waals surface area contributed by atoms with Crippen molar-refractivity contribution in [2.75, 3.05) is 11.9 Å². The quantitative estimate of drug-likeness (QED) is 0.375. The van der Waals surface area contributed by atoms with Crippen molar-refractivity contribution in [2.24, 2.45) is 0 Å². The molecule has 0 aliphatic heterocycles. The van der Waals surface area contributed by atoms with Gasteiger partial charge in [0.1, 0.15) is 5.82 Å². The summed E-state index contributed by atoms with van der Waals surface area (Å²) in [6.45, 7) is -0.506. The number of ether oxygens (including phenoxy) is 1. The monoisotopic (exact) mass is 449 g/mol. The maximum Gasteiger partial charge on any atom is 0.340 e. The molecule has 4 nitrogen and oxygen atoms in total. The van der Waals surface area contributed by atoms with Gasteiger partial charge in [0.25, 0.3) is 5.91 Å². The number of thiophene rings is 1. The first-order valence-electron chi connectivity index (χ1n) is 8.35. The van der Waals surface area contributed by atoms with Crippen molar-refractivity contribution in [2.45, 2.75) is 0 Å². The molecule has 0 fully saturated rings. The number of anilines is 1. The molecule has 3 rings (SSSR count). The van der Waals surface area contributed by atoms with Crippen LogP contribution < -0.4 is 5.32 Å². The third-order valence-electron chi connectivity index (χ3n) is 3.72. The standard InChI is InChI=1S/C21H14Cl2FNO3S/c22-14-5-8-17(23)18(11-14)25-20(26)12-28-21(27)16(19-2-1-9-29-19)10-13-3-6-15(24)7-4-13/h1-11H,12H2,(H,25,26). The highest BCUT2D eigenvalue weighted by Gasteiger charge is 2.17. The maximum atomic E-state index is 13.1. The highest BCUT2D eigenvalue weighted by Crippen LogP contribution is 2.26. The number of rotatable bonds is 6. The number of hydrogen-bond donors (Lipinski definition) is 1. The van der Waals surface area contributed by atoms with Gasteiger partial charge in [-0.25, -0.2) is 9.18 Å². The van der Waals surface area contributed by atoms with E-state index in [0.29, 0.717) is 26.2 Å². The van der Waals surface area contributed by atoms with E-state index < -0.39 is 18.5 Å². The largest absolute Gasteiger partial charge is 0.452 e. The topological polar surface area (TPSA) is 55.4 Å². The number of benzene rings is 2. The van der Waals surface area contributed by atoms with Crippen molar-refractivity contribution in [1.82, 2.24) is 0 Å². The number of halogens is 3. The van der Waals surface area contributed by atoms with Crippen LogP contribution >= 0.6 is 34.5 Å². The zero-order valence-corrected chi connectivity index (χ0v) is 17.2. The highest BCUT2D eigenvalue weighted by atomic mass is 35.5. The van der Waals surface area contributed by atoms with Crippen LogP contribution in [0, 0.1) is 5.82 Å². The van der Waals surface area contributed by atoms with E-state index in [1.807, 2.05) is 5.38 Å². The average Bonchev–Trinajstić information content (AvgIpc) is 3.23. The van der Waals surface area contributed by atoms with Gasteiger partial charge >= 0.3 is 5.97 Å². The number of hydrogen-bond acceptors (Lipinski definition) is 4. The molecule has 1 N–H and O–H groups in total. The van der Waals surface area contributed by atoms with Gasteiger partial charge < -0.3 is 10.1 Å². The zero-order chi connectivity index (χ0) is 20.8. The van der Waals surface area contributed by atoms with Gasteiger partial charge in [0.05, 0.1) is 16.3 Å². The Morgan fingerprint density at radius 2 is 1.86 bits per heavy atom. The fraction of sp³-hybridized carbons (Fsp3) is 0.0476. The molecular formula is C21H14Cl2FNO3S. The van der Waals surface area contributed by atoms with E-state index in [4.69, 9.17) is 27.9 Å². The maximum absolute atomic E-state index is 13.1. The minimum atomic E-state index is -0.677. The van der Waals surface area contributed by atoms with Crippen LogP contribution in [-0.4, -0.2) is 18.5 Å². The van der Waals surface area contributed by atoms with Crippen LogP contribution in [0.2, 0.25) is 10.0 Å². The first-order chi connectivity index (χ1) is 13.9. The first kappa shape index (κ1) is 21.0. The lowest BCUT2D eigenvalue weighted by Crippen LogP contribution is -2.21. The molecule has 29 heavy (non-hydrogen) atoms. The van der Waals surface area contributed by atoms with Gasteiger partial charge in [-0.2, -0.15) is 0 Å². The Morgan fingerprint density at radius 3 is 2.55 bits per heavy atom. The van der Waals surface area contributed by atoms with E-state index in [-0.39, 0.29) is 11.4 Å². The zero-order valence-electron chi connectivity index (χ0n) is 14.8. The number of nitrogens with one attached hydrogen (secondary N) is 1. The summed E-state index contributed by atoms with van der Waals surface area (Å²) in [5, 5.41) is 5.08. The van der Waals surface area contributed by atoms with Crippen molar-refractivity contribution in [3.8, 4) is 0 Å². The summed E-state index contributed by atoms with van der Waals surface area (Å²) in [5.41, 5.74) is 1.21. The lowest BCUT2D eigenvalue weighted by atomic mass is 10.1. The molecule has 1 heterocycles. The van der Waals surface area contributed by atoms with Gasteiger partial charge in [-0.15, -0.1) is 11.3 Å². The Hall–Kier alpha value is -2.67. The molecule has 1 amide bonds. The summed E-state index contributed by atoms with van der Waals surface area (Å²) < 4.78 is 18.3. The van der Waals surface area contributed by atoms with Gasteiger partial charge in [-0.3, -0.25) is 4.79 Å². The summed E-state index contributed by atoms with van der Waals surface area (Å²) in [7, 11) is 0. The van der Waals surface area contributed by atoms with Crippen molar-refractivity contribution in [3.63, 3.8) is 0 Å². The molecule has 0 bridgehead atoms. The second kappa shape index (κ2) is 9.69. The predicted molar refractivity (Wildman–Crippen MR) is 115 cm³/mol. The molecule has 0 spiro atoms. The van der Waals surface area contributed by atoms with Gasteiger partial charge in [-0.1, -0.05) is 41.4 Å². The van der Waals surface area contributed by atoms with Crippen LogP contribution in [-0.2, 0) is 14.3 Å². The molecule has 0 aliphatic carbocycles. The fourth-order valence-corrected chi connectivity index (χ4v) is 3.44. The number of carbonyl (C=O) groups is 2. The van der Waals surface area contributed by atoms with E-state index >= 15 is 0 Å². The second-order valence-corrected chi connectivity index (χ2v) is 7.63. The third kappa shape index (κ3) is 5.90. The average molecular weight is 450 g/mol. The minimum absolute atomic E-state index is 0.264. The summed E-state index contributed by atoms with van der Waals surface area (Å²) in [6.07, 6.45) is 1.58. The van der Waals surface area contributed by atoms with Crippen LogP contribution in [0.1, 0.15) is 10.4 Å². The Bertz CT molecular complexity index is 1050. The molecular weight excluding hydrogens is 436 g/mol. The number of esters is 1. The van der Waals surface area contributed by atoms with Gasteiger partial charge in [0.15, 0.2) is 6.61 Å². The lowest BCUT2D eigenvalue weighted by molar-refractivity contribution is -0.141. The van der Waals surface area contributed by atoms with Gasteiger partial charge in [0, 0.05) is 9.90 Å². The molecule has 0 saturated heterocycles. The molecule has 2 aromatic carbocycles. The van der Waals surface area contributed by atoms with E-state index in [0.717, 1.165) is 0 Å². The van der Waals surface area contributed by atoms with E-state index in [9.17, 15) is 14.0 Å². The lowest BCUT2D eigenvalue weighted by Gasteiger charge is -2.10. The van der Waals surface area contributed by atoms with Crippen LogP contribution in [0.4, 0.5) is 10.1 Å². The summed E-state index contributed by atoms with van der Waals surface area (Å²) >= 11 is 13.2. The Kier molecular flexibility index (Phi) is 7.04. The van der Waals surface area contributed by atoms with Crippen LogP contribution in [0.5, 0.6) is 0 Å². The van der Waals surface area contributed by atoms with Gasteiger partial charge in [-0.05, 0) is 53.4 Å². The molecule has 3 aromatic rings. The summed E-state index contributed by atoms with van der Waals surface area (Å²) in [5.74, 6) is -1.61. The Balaban J connectivity index is 1.71. The van der Waals surface area contributed by atoms with Crippen LogP contribution in [0.15, 0.2) is 60.0 Å². The van der Waals surface area contributed by atoms with E-state index in [1.54, 1.807) is 42.5 Å². The van der Waals surface area contributed by atoms with E-state index in [2.05, 4.69) is 5.32 Å². The normalized spacial score (nSPS) is 11.2. The van der Waals surface area contributed by atoms with Crippen LogP contribution in [0.3, 0.4) is 0 Å². The van der Waals surface area contributed by atoms with E-state index in [1.165, 1.54) is 29.5 Å².